The highest BCUT2D eigenvalue weighted by Gasteiger charge is 2.12. The molecule has 84 valence electrons. The molecular formula is C10H17N3O2. The Bertz CT molecular complexity index is 344. The van der Waals surface area contributed by atoms with Gasteiger partial charge in [-0.05, 0) is 26.8 Å². The maximum atomic E-state index is 11.7. The van der Waals surface area contributed by atoms with Gasteiger partial charge in [0.25, 0.3) is 5.91 Å². The highest BCUT2D eigenvalue weighted by Crippen LogP contribution is 2.03. The van der Waals surface area contributed by atoms with Gasteiger partial charge in [0.15, 0.2) is 0 Å². The van der Waals surface area contributed by atoms with Gasteiger partial charge in [0, 0.05) is 13.1 Å². The average Bonchev–Trinajstić information content (AvgIpc) is 2.56. The topological polar surface area (TPSA) is 67.2 Å². The number of amides is 1. The van der Waals surface area contributed by atoms with Crippen molar-refractivity contribution in [2.45, 2.75) is 33.4 Å². The molecule has 0 aromatic carbocycles. The van der Waals surface area contributed by atoms with Crippen LogP contribution in [0.4, 0.5) is 0 Å². The molecule has 15 heavy (non-hydrogen) atoms. The van der Waals surface area contributed by atoms with Gasteiger partial charge in [-0.2, -0.15) is 5.10 Å². The molecule has 1 rings (SSSR count). The summed E-state index contributed by atoms with van der Waals surface area (Å²) in [5, 5.41) is 15.9. The molecule has 1 aromatic rings. The minimum Gasteiger partial charge on any atom is -0.392 e. The molecule has 0 radical (unpaired) electrons. The number of hydrogen-bond acceptors (Lipinski definition) is 3. The molecule has 1 amide bonds. The van der Waals surface area contributed by atoms with Crippen LogP contribution in [0.1, 0.15) is 30.0 Å². The van der Waals surface area contributed by atoms with Crippen molar-refractivity contribution in [2.24, 2.45) is 0 Å². The Kier molecular flexibility index (Phi) is 3.85. The van der Waals surface area contributed by atoms with Gasteiger partial charge >= 0.3 is 0 Å². The third-order valence-electron chi connectivity index (χ3n) is 1.99. The van der Waals surface area contributed by atoms with E-state index in [1.165, 1.54) is 0 Å². The van der Waals surface area contributed by atoms with E-state index < -0.39 is 6.10 Å². The van der Waals surface area contributed by atoms with Crippen LogP contribution in [0.2, 0.25) is 0 Å². The minimum atomic E-state index is -0.534. The van der Waals surface area contributed by atoms with Crippen molar-refractivity contribution in [3.63, 3.8) is 0 Å². The quantitative estimate of drug-likeness (QED) is 0.753. The van der Waals surface area contributed by atoms with E-state index in [9.17, 15) is 4.79 Å². The third-order valence-corrected chi connectivity index (χ3v) is 1.99. The van der Waals surface area contributed by atoms with Gasteiger partial charge in [-0.1, -0.05) is 0 Å². The molecule has 0 fully saturated rings. The number of aliphatic hydroxyl groups excluding tert-OH is 1. The second-order valence-corrected chi connectivity index (χ2v) is 3.55. The van der Waals surface area contributed by atoms with Gasteiger partial charge in [-0.15, -0.1) is 0 Å². The van der Waals surface area contributed by atoms with Crippen LogP contribution in [0, 0.1) is 6.92 Å². The number of carbonyl (C=O) groups excluding carboxylic acids is 1. The van der Waals surface area contributed by atoms with Crippen molar-refractivity contribution in [1.29, 1.82) is 0 Å². The predicted molar refractivity (Wildman–Crippen MR) is 56.7 cm³/mol. The second-order valence-electron chi connectivity index (χ2n) is 3.55. The molecule has 2 N–H and O–H groups in total. The zero-order chi connectivity index (χ0) is 11.4. The molecule has 1 atom stereocenters. The van der Waals surface area contributed by atoms with E-state index >= 15 is 0 Å². The monoisotopic (exact) mass is 211 g/mol. The van der Waals surface area contributed by atoms with Crippen molar-refractivity contribution in [2.75, 3.05) is 6.54 Å². The standard InChI is InChI=1S/C10H17N3O2/c1-4-13-9(5-7(2)12-13)10(15)11-6-8(3)14/h5,8,14H,4,6H2,1-3H3,(H,11,15)/t8-/m1/s1. The maximum absolute atomic E-state index is 11.7. The number of carbonyl (C=O) groups is 1. The molecule has 0 saturated heterocycles. The largest absolute Gasteiger partial charge is 0.392 e. The number of hydrogen-bond donors (Lipinski definition) is 2. The van der Waals surface area contributed by atoms with E-state index in [2.05, 4.69) is 10.4 Å². The number of aliphatic hydroxyl groups is 1. The summed E-state index contributed by atoms with van der Waals surface area (Å²) < 4.78 is 1.65. The summed E-state index contributed by atoms with van der Waals surface area (Å²) in [4.78, 5) is 11.7. The van der Waals surface area contributed by atoms with E-state index in [4.69, 9.17) is 5.11 Å². The number of rotatable bonds is 4. The second kappa shape index (κ2) is 4.93. The van der Waals surface area contributed by atoms with Gasteiger partial charge in [-0.3, -0.25) is 9.48 Å². The Balaban J connectivity index is 2.72. The first-order valence-electron chi connectivity index (χ1n) is 5.05. The summed E-state index contributed by atoms with van der Waals surface area (Å²) in [6, 6.07) is 1.74. The van der Waals surface area contributed by atoms with Gasteiger partial charge in [0.05, 0.1) is 11.8 Å². The molecule has 0 aliphatic rings. The molecule has 5 heteroatoms. The first-order chi connectivity index (χ1) is 7.04. The average molecular weight is 211 g/mol. The number of nitrogens with one attached hydrogen (secondary N) is 1. The van der Waals surface area contributed by atoms with E-state index in [0.29, 0.717) is 12.2 Å². The fourth-order valence-corrected chi connectivity index (χ4v) is 1.30. The highest BCUT2D eigenvalue weighted by atomic mass is 16.3. The molecule has 0 aliphatic carbocycles. The van der Waals surface area contributed by atoms with Crippen molar-refractivity contribution in [3.8, 4) is 0 Å². The Morgan fingerprint density at radius 3 is 2.93 bits per heavy atom. The number of nitrogens with zero attached hydrogens (tertiary/aromatic N) is 2. The predicted octanol–water partition coefficient (Wildman–Crippen LogP) is 0.322. The van der Waals surface area contributed by atoms with E-state index in [-0.39, 0.29) is 12.5 Å². The summed E-state index contributed by atoms with van der Waals surface area (Å²) in [5.74, 6) is -0.196. The Morgan fingerprint density at radius 2 is 2.40 bits per heavy atom. The number of aryl methyl sites for hydroxylation is 2. The fraction of sp³-hybridized carbons (Fsp3) is 0.600. The smallest absolute Gasteiger partial charge is 0.269 e. The molecule has 1 heterocycles. The molecule has 0 spiro atoms. The van der Waals surface area contributed by atoms with Gasteiger partial charge in [0.2, 0.25) is 0 Å². The Hall–Kier alpha value is -1.36. The molecule has 0 unspecified atom stereocenters. The molecule has 0 bridgehead atoms. The molecular weight excluding hydrogens is 194 g/mol. The van der Waals surface area contributed by atoms with Crippen LogP contribution in [-0.4, -0.2) is 33.4 Å². The molecule has 0 saturated carbocycles. The summed E-state index contributed by atoms with van der Waals surface area (Å²) in [6.45, 7) is 6.32. The first-order valence-corrected chi connectivity index (χ1v) is 5.05. The summed E-state index contributed by atoms with van der Waals surface area (Å²) in [6.07, 6.45) is -0.534. The third kappa shape index (κ3) is 3.06. The van der Waals surface area contributed by atoms with Crippen molar-refractivity contribution in [1.82, 2.24) is 15.1 Å². The van der Waals surface area contributed by atoms with Crippen LogP contribution in [0.3, 0.4) is 0 Å². The van der Waals surface area contributed by atoms with E-state index in [1.807, 2.05) is 13.8 Å². The SMILES string of the molecule is CCn1nc(C)cc1C(=O)NC[C@@H](C)O. The zero-order valence-electron chi connectivity index (χ0n) is 9.32. The zero-order valence-corrected chi connectivity index (χ0v) is 9.32. The van der Waals surface area contributed by atoms with E-state index in [1.54, 1.807) is 17.7 Å². The van der Waals surface area contributed by atoms with Crippen molar-refractivity contribution in [3.05, 3.63) is 17.5 Å². The van der Waals surface area contributed by atoms with Crippen LogP contribution < -0.4 is 5.32 Å². The minimum absolute atomic E-state index is 0.196. The molecule has 1 aromatic heterocycles. The summed E-state index contributed by atoms with van der Waals surface area (Å²) in [7, 11) is 0. The Morgan fingerprint density at radius 1 is 1.73 bits per heavy atom. The lowest BCUT2D eigenvalue weighted by atomic mass is 10.3. The lowest BCUT2D eigenvalue weighted by Gasteiger charge is -2.07. The van der Waals surface area contributed by atoms with Crippen LogP contribution in [0.15, 0.2) is 6.07 Å². The Labute approximate surface area is 89.1 Å². The summed E-state index contributed by atoms with van der Waals surface area (Å²) in [5.41, 5.74) is 1.36. The maximum Gasteiger partial charge on any atom is 0.269 e. The van der Waals surface area contributed by atoms with Gasteiger partial charge in [0.1, 0.15) is 5.69 Å². The van der Waals surface area contributed by atoms with E-state index in [0.717, 1.165) is 5.69 Å². The van der Waals surface area contributed by atoms with Crippen molar-refractivity contribution < 1.29 is 9.90 Å². The van der Waals surface area contributed by atoms with Crippen LogP contribution >= 0.6 is 0 Å². The molecule has 5 nitrogen and oxygen atoms in total. The van der Waals surface area contributed by atoms with Crippen LogP contribution in [-0.2, 0) is 6.54 Å². The first kappa shape index (κ1) is 11.7. The van der Waals surface area contributed by atoms with Gasteiger partial charge < -0.3 is 10.4 Å². The lowest BCUT2D eigenvalue weighted by molar-refractivity contribution is 0.0913. The van der Waals surface area contributed by atoms with Crippen LogP contribution in [0.25, 0.3) is 0 Å². The van der Waals surface area contributed by atoms with Crippen LogP contribution in [0.5, 0.6) is 0 Å². The lowest BCUT2D eigenvalue weighted by Crippen LogP contribution is -2.32. The number of aromatic nitrogens is 2. The molecule has 0 aliphatic heterocycles. The summed E-state index contributed by atoms with van der Waals surface area (Å²) >= 11 is 0. The highest BCUT2D eigenvalue weighted by molar-refractivity contribution is 5.92. The van der Waals surface area contributed by atoms with Crippen molar-refractivity contribution >= 4 is 5.91 Å². The fourth-order valence-electron chi connectivity index (χ4n) is 1.30. The normalized spacial score (nSPS) is 12.5. The van der Waals surface area contributed by atoms with Gasteiger partial charge in [-0.25, -0.2) is 0 Å².